The molecule has 1 saturated carbocycles. The number of nitrogens with zero attached hydrogens (tertiary/aromatic N) is 2. The summed E-state index contributed by atoms with van der Waals surface area (Å²) in [5.74, 6) is 1.92. The molecule has 17 heavy (non-hydrogen) atoms. The smallest absolute Gasteiger partial charge is 0.229 e. The van der Waals surface area contributed by atoms with E-state index in [9.17, 15) is 0 Å². The van der Waals surface area contributed by atoms with Crippen molar-refractivity contribution in [1.82, 2.24) is 10.1 Å². The van der Waals surface area contributed by atoms with Gasteiger partial charge in [-0.25, -0.2) is 0 Å². The molecule has 0 aromatic carbocycles. The van der Waals surface area contributed by atoms with Gasteiger partial charge < -0.3 is 15.0 Å². The van der Waals surface area contributed by atoms with Crippen molar-refractivity contribution in [1.29, 1.82) is 0 Å². The van der Waals surface area contributed by atoms with Crippen molar-refractivity contribution in [3.05, 3.63) is 11.7 Å². The lowest BCUT2D eigenvalue weighted by Gasteiger charge is -2.23. The molecule has 2 atom stereocenters. The minimum Gasteiger partial charge on any atom is -0.385 e. The van der Waals surface area contributed by atoms with Crippen LogP contribution in [0, 0.1) is 0 Å². The van der Waals surface area contributed by atoms with Crippen LogP contribution in [0.4, 0.5) is 0 Å². The summed E-state index contributed by atoms with van der Waals surface area (Å²) in [6.07, 6.45) is 6.11. The number of aromatic nitrogens is 2. The van der Waals surface area contributed by atoms with E-state index in [-0.39, 0.29) is 6.04 Å². The molecule has 0 radical (unpaired) electrons. The molecular weight excluding hydrogens is 218 g/mol. The van der Waals surface area contributed by atoms with Gasteiger partial charge in [-0.05, 0) is 25.7 Å². The van der Waals surface area contributed by atoms with Crippen molar-refractivity contribution in [2.45, 2.75) is 50.5 Å². The summed E-state index contributed by atoms with van der Waals surface area (Å²) < 4.78 is 10.3. The number of ether oxygens (including phenoxy) is 1. The normalized spacial score (nSPS) is 25.1. The first-order valence-electron chi connectivity index (χ1n) is 6.36. The lowest BCUT2D eigenvalue weighted by atomic mass is 9.86. The number of aryl methyl sites for hydroxylation is 1. The predicted octanol–water partition coefficient (Wildman–Crippen LogP) is 1.63. The quantitative estimate of drug-likeness (QED) is 0.790. The van der Waals surface area contributed by atoms with Gasteiger partial charge in [0.15, 0.2) is 5.82 Å². The molecule has 1 fully saturated rings. The van der Waals surface area contributed by atoms with Crippen LogP contribution in [-0.4, -0.2) is 29.9 Å². The van der Waals surface area contributed by atoms with Crippen LogP contribution in [0.1, 0.15) is 49.7 Å². The Hall–Kier alpha value is -0.940. The van der Waals surface area contributed by atoms with Crippen LogP contribution in [0.15, 0.2) is 4.52 Å². The highest BCUT2D eigenvalue weighted by Gasteiger charge is 2.25. The predicted molar refractivity (Wildman–Crippen MR) is 63.7 cm³/mol. The zero-order valence-corrected chi connectivity index (χ0v) is 10.4. The van der Waals surface area contributed by atoms with Gasteiger partial charge in [-0.1, -0.05) is 11.6 Å². The molecule has 2 unspecified atom stereocenters. The van der Waals surface area contributed by atoms with Gasteiger partial charge in [0.1, 0.15) is 0 Å². The van der Waals surface area contributed by atoms with Crippen molar-refractivity contribution in [3.8, 4) is 0 Å². The fraction of sp³-hybridized carbons (Fsp3) is 0.833. The van der Waals surface area contributed by atoms with E-state index in [1.54, 1.807) is 7.11 Å². The van der Waals surface area contributed by atoms with Crippen molar-refractivity contribution in [2.24, 2.45) is 5.73 Å². The third kappa shape index (κ3) is 3.51. The van der Waals surface area contributed by atoms with E-state index in [2.05, 4.69) is 10.1 Å². The lowest BCUT2D eigenvalue weighted by Crippen LogP contribution is -2.26. The van der Waals surface area contributed by atoms with Gasteiger partial charge in [0.2, 0.25) is 5.89 Å². The summed E-state index contributed by atoms with van der Waals surface area (Å²) in [6, 6.07) is 0.289. The number of rotatable bonds is 5. The monoisotopic (exact) mass is 239 g/mol. The number of hydrogen-bond donors (Lipinski definition) is 1. The van der Waals surface area contributed by atoms with Gasteiger partial charge in [0.25, 0.3) is 0 Å². The first-order valence-corrected chi connectivity index (χ1v) is 6.36. The van der Waals surface area contributed by atoms with Crippen LogP contribution < -0.4 is 5.73 Å². The molecule has 5 nitrogen and oxygen atoms in total. The van der Waals surface area contributed by atoms with E-state index in [1.165, 1.54) is 0 Å². The zero-order valence-electron chi connectivity index (χ0n) is 10.4. The molecule has 1 aromatic rings. The van der Waals surface area contributed by atoms with E-state index >= 15 is 0 Å². The molecule has 0 spiro atoms. The highest BCUT2D eigenvalue weighted by atomic mass is 16.5. The van der Waals surface area contributed by atoms with Crippen molar-refractivity contribution in [3.63, 3.8) is 0 Å². The maximum atomic E-state index is 5.96. The molecule has 0 saturated heterocycles. The molecule has 2 N–H and O–H groups in total. The van der Waals surface area contributed by atoms with Gasteiger partial charge in [-0.15, -0.1) is 0 Å². The van der Waals surface area contributed by atoms with E-state index in [0.29, 0.717) is 5.92 Å². The Morgan fingerprint density at radius 2 is 2.35 bits per heavy atom. The summed E-state index contributed by atoms with van der Waals surface area (Å²) in [7, 11) is 1.70. The third-order valence-electron chi connectivity index (χ3n) is 3.30. The van der Waals surface area contributed by atoms with Crippen molar-refractivity contribution >= 4 is 0 Å². The van der Waals surface area contributed by atoms with Crippen LogP contribution >= 0.6 is 0 Å². The van der Waals surface area contributed by atoms with Gasteiger partial charge in [0, 0.05) is 32.1 Å². The Bertz CT molecular complexity index is 340. The molecule has 5 heteroatoms. The molecule has 0 aliphatic heterocycles. The molecule has 1 aliphatic carbocycles. The fourth-order valence-electron chi connectivity index (χ4n) is 2.36. The average Bonchev–Trinajstić information content (AvgIpc) is 2.78. The van der Waals surface area contributed by atoms with E-state index in [1.807, 2.05) is 0 Å². The first-order chi connectivity index (χ1) is 8.29. The summed E-state index contributed by atoms with van der Waals surface area (Å²) in [5, 5.41) is 4.01. The van der Waals surface area contributed by atoms with Crippen LogP contribution in [0.5, 0.6) is 0 Å². The molecule has 96 valence electrons. The number of hydrogen-bond acceptors (Lipinski definition) is 5. The SMILES string of the molecule is COCCCc1noc(C2CCCC(N)C2)n1. The molecule has 1 aliphatic rings. The summed E-state index contributed by atoms with van der Waals surface area (Å²) in [5.41, 5.74) is 5.96. The molecular formula is C12H21N3O2. The minimum atomic E-state index is 0.289. The molecule has 0 amide bonds. The highest BCUT2D eigenvalue weighted by molar-refractivity contribution is 4.97. The molecule has 1 heterocycles. The van der Waals surface area contributed by atoms with Gasteiger partial charge >= 0.3 is 0 Å². The standard InChI is InChI=1S/C12H21N3O2/c1-16-7-3-6-11-14-12(17-15-11)9-4-2-5-10(13)8-9/h9-10H,2-8,13H2,1H3. The van der Waals surface area contributed by atoms with Crippen molar-refractivity contribution < 1.29 is 9.26 Å². The van der Waals surface area contributed by atoms with E-state index in [0.717, 1.165) is 56.8 Å². The van der Waals surface area contributed by atoms with Gasteiger partial charge in [-0.3, -0.25) is 0 Å². The van der Waals surface area contributed by atoms with E-state index in [4.69, 9.17) is 15.0 Å². The summed E-state index contributed by atoms with van der Waals surface area (Å²) in [4.78, 5) is 4.45. The Kier molecular flexibility index (Phi) is 4.50. The Morgan fingerprint density at radius 3 is 3.12 bits per heavy atom. The average molecular weight is 239 g/mol. The molecule has 1 aromatic heterocycles. The zero-order chi connectivity index (χ0) is 12.1. The second-order valence-corrected chi connectivity index (χ2v) is 4.77. The second kappa shape index (κ2) is 6.12. The highest BCUT2D eigenvalue weighted by Crippen LogP contribution is 2.31. The fourth-order valence-corrected chi connectivity index (χ4v) is 2.36. The third-order valence-corrected chi connectivity index (χ3v) is 3.30. The Labute approximate surface area is 102 Å². The Balaban J connectivity index is 1.88. The molecule has 0 bridgehead atoms. The maximum absolute atomic E-state index is 5.96. The topological polar surface area (TPSA) is 74.2 Å². The summed E-state index contributed by atoms with van der Waals surface area (Å²) in [6.45, 7) is 0.734. The number of methoxy groups -OCH3 is 1. The van der Waals surface area contributed by atoms with Crippen LogP contribution in [0.2, 0.25) is 0 Å². The first kappa shape index (κ1) is 12.5. The Morgan fingerprint density at radius 1 is 1.47 bits per heavy atom. The van der Waals surface area contributed by atoms with Crippen LogP contribution in [0.25, 0.3) is 0 Å². The van der Waals surface area contributed by atoms with Crippen LogP contribution in [-0.2, 0) is 11.2 Å². The maximum Gasteiger partial charge on any atom is 0.229 e. The molecule has 2 rings (SSSR count). The van der Waals surface area contributed by atoms with E-state index < -0.39 is 0 Å². The summed E-state index contributed by atoms with van der Waals surface area (Å²) >= 11 is 0. The van der Waals surface area contributed by atoms with Gasteiger partial charge in [-0.2, -0.15) is 4.98 Å². The lowest BCUT2D eigenvalue weighted by molar-refractivity contribution is 0.194. The minimum absolute atomic E-state index is 0.289. The van der Waals surface area contributed by atoms with Crippen molar-refractivity contribution in [2.75, 3.05) is 13.7 Å². The van der Waals surface area contributed by atoms with Gasteiger partial charge in [0.05, 0.1) is 0 Å². The van der Waals surface area contributed by atoms with Crippen LogP contribution in [0.3, 0.4) is 0 Å². The number of nitrogens with two attached hydrogens (primary N) is 1. The largest absolute Gasteiger partial charge is 0.385 e. The second-order valence-electron chi connectivity index (χ2n) is 4.77.